The van der Waals surface area contributed by atoms with Crippen molar-refractivity contribution in [1.29, 1.82) is 0 Å². The molecule has 0 atom stereocenters. The summed E-state index contributed by atoms with van der Waals surface area (Å²) in [6.07, 6.45) is 0. The lowest BCUT2D eigenvalue weighted by atomic mass is 10.2. The molecule has 1 N–H and O–H groups in total. The lowest BCUT2D eigenvalue weighted by molar-refractivity contribution is 0.469. The first-order chi connectivity index (χ1) is 9.97. The van der Waals surface area contributed by atoms with Gasteiger partial charge in [0.2, 0.25) is 0 Å². The Labute approximate surface area is 140 Å². The van der Waals surface area contributed by atoms with E-state index in [-0.39, 0.29) is 0 Å². The van der Waals surface area contributed by atoms with Crippen LogP contribution in [0.3, 0.4) is 0 Å². The van der Waals surface area contributed by atoms with Gasteiger partial charge in [0.05, 0.1) is 15.1 Å². The Bertz CT molecular complexity index is 629. The van der Waals surface area contributed by atoms with Gasteiger partial charge < -0.3 is 10.1 Å². The van der Waals surface area contributed by atoms with Crippen molar-refractivity contribution < 1.29 is 4.74 Å². The van der Waals surface area contributed by atoms with Gasteiger partial charge in [0.25, 0.3) is 0 Å². The highest BCUT2D eigenvalue weighted by atomic mass is 35.5. The molecule has 0 bridgehead atoms. The summed E-state index contributed by atoms with van der Waals surface area (Å²) >= 11 is 18.1. The first-order valence-electron chi connectivity index (χ1n) is 6.61. The van der Waals surface area contributed by atoms with Gasteiger partial charge in [-0.3, -0.25) is 0 Å². The highest BCUT2D eigenvalue weighted by molar-refractivity contribution is 6.43. The van der Waals surface area contributed by atoms with Crippen LogP contribution >= 0.6 is 34.8 Å². The molecular formula is C16H16Cl3NO. The van der Waals surface area contributed by atoms with Gasteiger partial charge in [0.1, 0.15) is 11.5 Å². The largest absolute Gasteiger partial charge is 0.455 e. The van der Waals surface area contributed by atoms with Crippen LogP contribution in [0, 0.1) is 0 Å². The molecule has 2 aromatic carbocycles. The molecule has 0 saturated heterocycles. The maximum absolute atomic E-state index is 6.15. The van der Waals surface area contributed by atoms with Crippen molar-refractivity contribution in [2.24, 2.45) is 0 Å². The number of halogens is 3. The molecule has 0 heterocycles. The summed E-state index contributed by atoms with van der Waals surface area (Å²) in [6, 6.07) is 11.4. The molecule has 21 heavy (non-hydrogen) atoms. The molecule has 0 amide bonds. The predicted octanol–water partition coefficient (Wildman–Crippen LogP) is 5.94. The van der Waals surface area contributed by atoms with Crippen molar-refractivity contribution >= 4 is 34.8 Å². The summed E-state index contributed by atoms with van der Waals surface area (Å²) in [5.41, 5.74) is 1.05. The van der Waals surface area contributed by atoms with Crippen LogP contribution in [-0.4, -0.2) is 6.04 Å². The third-order valence-electron chi connectivity index (χ3n) is 2.87. The number of para-hydroxylation sites is 1. The first kappa shape index (κ1) is 16.4. The second kappa shape index (κ2) is 7.37. The van der Waals surface area contributed by atoms with Crippen LogP contribution in [0.15, 0.2) is 36.4 Å². The quantitative estimate of drug-likeness (QED) is 0.678. The Balaban J connectivity index is 2.25. The van der Waals surface area contributed by atoms with Crippen molar-refractivity contribution in [2.75, 3.05) is 0 Å². The third kappa shape index (κ3) is 4.52. The fraction of sp³-hybridized carbons (Fsp3) is 0.250. The highest BCUT2D eigenvalue weighted by Crippen LogP contribution is 2.37. The summed E-state index contributed by atoms with van der Waals surface area (Å²) in [4.78, 5) is 0. The van der Waals surface area contributed by atoms with E-state index >= 15 is 0 Å². The zero-order valence-electron chi connectivity index (χ0n) is 11.8. The summed E-state index contributed by atoms with van der Waals surface area (Å²) in [5.74, 6) is 1.23. The molecule has 0 radical (unpaired) electrons. The Morgan fingerprint density at radius 1 is 0.952 bits per heavy atom. The second-order valence-corrected chi connectivity index (χ2v) is 6.16. The van der Waals surface area contributed by atoms with E-state index < -0.39 is 0 Å². The normalized spacial score (nSPS) is 11.0. The van der Waals surface area contributed by atoms with Gasteiger partial charge in [-0.1, -0.05) is 66.8 Å². The van der Waals surface area contributed by atoms with E-state index in [9.17, 15) is 0 Å². The fourth-order valence-electron chi connectivity index (χ4n) is 1.76. The molecule has 0 saturated carbocycles. The molecule has 0 aliphatic carbocycles. The number of hydrogen-bond acceptors (Lipinski definition) is 2. The lowest BCUT2D eigenvalue weighted by Gasteiger charge is -2.14. The summed E-state index contributed by atoms with van der Waals surface area (Å²) in [7, 11) is 0. The van der Waals surface area contributed by atoms with E-state index in [1.54, 1.807) is 12.1 Å². The Kier molecular flexibility index (Phi) is 5.77. The monoisotopic (exact) mass is 343 g/mol. The molecule has 0 aliphatic rings. The number of ether oxygens (including phenoxy) is 1. The van der Waals surface area contributed by atoms with Crippen molar-refractivity contribution in [3.05, 3.63) is 57.0 Å². The molecule has 2 rings (SSSR count). The maximum atomic E-state index is 6.15. The summed E-state index contributed by atoms with van der Waals surface area (Å²) < 4.78 is 5.89. The van der Waals surface area contributed by atoms with Crippen molar-refractivity contribution in [3.63, 3.8) is 0 Å². The minimum atomic E-state index is 0.395. The molecule has 2 nitrogen and oxygen atoms in total. The van der Waals surface area contributed by atoms with Crippen LogP contribution in [0.2, 0.25) is 15.1 Å². The molecule has 0 aliphatic heterocycles. The van der Waals surface area contributed by atoms with Crippen LogP contribution in [0.1, 0.15) is 19.4 Å². The number of hydrogen-bond donors (Lipinski definition) is 1. The molecule has 0 unspecified atom stereocenters. The van der Waals surface area contributed by atoms with E-state index in [1.807, 2.05) is 24.3 Å². The highest BCUT2D eigenvalue weighted by Gasteiger charge is 2.10. The Morgan fingerprint density at radius 2 is 1.62 bits per heavy atom. The van der Waals surface area contributed by atoms with Crippen LogP contribution in [0.4, 0.5) is 0 Å². The van der Waals surface area contributed by atoms with Crippen molar-refractivity contribution in [3.8, 4) is 11.5 Å². The molecular weight excluding hydrogens is 329 g/mol. The smallest absolute Gasteiger partial charge is 0.147 e. The van der Waals surface area contributed by atoms with Crippen LogP contribution in [-0.2, 0) is 6.54 Å². The molecule has 5 heteroatoms. The van der Waals surface area contributed by atoms with Gasteiger partial charge in [-0.05, 0) is 12.1 Å². The van der Waals surface area contributed by atoms with Crippen LogP contribution in [0.25, 0.3) is 0 Å². The van der Waals surface area contributed by atoms with E-state index in [4.69, 9.17) is 39.5 Å². The van der Waals surface area contributed by atoms with E-state index in [2.05, 4.69) is 19.2 Å². The third-order valence-corrected chi connectivity index (χ3v) is 3.89. The van der Waals surface area contributed by atoms with Gasteiger partial charge in [-0.2, -0.15) is 0 Å². The summed E-state index contributed by atoms with van der Waals surface area (Å²) in [6.45, 7) is 4.91. The van der Waals surface area contributed by atoms with Crippen molar-refractivity contribution in [2.45, 2.75) is 26.4 Å². The lowest BCUT2D eigenvalue weighted by Crippen LogP contribution is -2.22. The Hall–Kier alpha value is -0.930. The van der Waals surface area contributed by atoms with Gasteiger partial charge >= 0.3 is 0 Å². The van der Waals surface area contributed by atoms with Crippen molar-refractivity contribution in [1.82, 2.24) is 5.32 Å². The molecule has 0 fully saturated rings. The van der Waals surface area contributed by atoms with Gasteiger partial charge in [-0.25, -0.2) is 0 Å². The maximum Gasteiger partial charge on any atom is 0.147 e. The zero-order chi connectivity index (χ0) is 15.4. The second-order valence-electron chi connectivity index (χ2n) is 4.94. The Morgan fingerprint density at radius 3 is 2.33 bits per heavy atom. The van der Waals surface area contributed by atoms with Crippen LogP contribution in [0.5, 0.6) is 11.5 Å². The average Bonchev–Trinajstić information content (AvgIpc) is 2.43. The average molecular weight is 345 g/mol. The SMILES string of the molecule is CC(C)NCc1ccccc1Oc1cc(Cl)c(Cl)cc1Cl. The van der Waals surface area contributed by atoms with Crippen LogP contribution < -0.4 is 10.1 Å². The topological polar surface area (TPSA) is 21.3 Å². The first-order valence-corrected chi connectivity index (χ1v) is 7.74. The van der Waals surface area contributed by atoms with Gasteiger partial charge in [0.15, 0.2) is 0 Å². The van der Waals surface area contributed by atoms with E-state index in [1.165, 1.54) is 0 Å². The molecule has 0 spiro atoms. The van der Waals surface area contributed by atoms with Gasteiger partial charge in [0, 0.05) is 24.2 Å². The molecule has 112 valence electrons. The molecule has 0 aromatic heterocycles. The predicted molar refractivity (Wildman–Crippen MR) is 90.0 cm³/mol. The van der Waals surface area contributed by atoms with E-state index in [0.717, 1.165) is 11.3 Å². The van der Waals surface area contributed by atoms with Gasteiger partial charge in [-0.15, -0.1) is 0 Å². The number of benzene rings is 2. The molecule has 2 aromatic rings. The number of rotatable bonds is 5. The standard InChI is InChI=1S/C16H16Cl3NO/c1-10(2)20-9-11-5-3-4-6-15(11)21-16-8-13(18)12(17)7-14(16)19/h3-8,10,20H,9H2,1-2H3. The number of nitrogens with one attached hydrogen (secondary N) is 1. The summed E-state index contributed by atoms with van der Waals surface area (Å²) in [5, 5.41) is 4.61. The minimum absolute atomic E-state index is 0.395. The fourth-order valence-corrected chi connectivity index (χ4v) is 2.34. The van der Waals surface area contributed by atoms with E-state index in [0.29, 0.717) is 33.4 Å². The zero-order valence-corrected chi connectivity index (χ0v) is 14.1. The minimum Gasteiger partial charge on any atom is -0.455 e.